The van der Waals surface area contributed by atoms with Crippen molar-refractivity contribution in [2.75, 3.05) is 39.4 Å². The number of carbonyl (C=O) groups is 1. The molecule has 0 radical (unpaired) electrons. The number of benzene rings is 2. The van der Waals surface area contributed by atoms with Crippen molar-refractivity contribution in [1.82, 2.24) is 20.0 Å². The second kappa shape index (κ2) is 9.10. The molecule has 1 aromatic heterocycles. The minimum absolute atomic E-state index is 0.00551. The van der Waals surface area contributed by atoms with Crippen molar-refractivity contribution in [3.63, 3.8) is 0 Å². The molecule has 32 heavy (non-hydrogen) atoms. The fraction of sp³-hybridized carbons (Fsp3) is 0.375. The zero-order valence-corrected chi connectivity index (χ0v) is 18.1. The minimum atomic E-state index is -0.267. The summed E-state index contributed by atoms with van der Waals surface area (Å²) in [5, 5.41) is 7.91. The molecule has 3 aromatic rings. The highest BCUT2D eigenvalue weighted by molar-refractivity contribution is 5.90. The van der Waals surface area contributed by atoms with Gasteiger partial charge in [-0.25, -0.2) is 0 Å². The fourth-order valence-corrected chi connectivity index (χ4v) is 3.96. The van der Waals surface area contributed by atoms with Gasteiger partial charge in [-0.05, 0) is 36.2 Å². The highest BCUT2D eigenvalue weighted by Crippen LogP contribution is 2.25. The second-order valence-corrected chi connectivity index (χ2v) is 8.22. The molecule has 2 aromatic carbocycles. The van der Waals surface area contributed by atoms with Gasteiger partial charge in [-0.1, -0.05) is 30.3 Å². The highest BCUT2D eigenvalue weighted by Gasteiger charge is 2.35. The Bertz CT molecular complexity index is 1070. The summed E-state index contributed by atoms with van der Waals surface area (Å²) in [7, 11) is 0. The van der Waals surface area contributed by atoms with Gasteiger partial charge >= 0.3 is 11.8 Å². The van der Waals surface area contributed by atoms with Crippen molar-refractivity contribution in [2.45, 2.75) is 19.6 Å². The lowest BCUT2D eigenvalue weighted by atomic mass is 10.1. The number of aryl methyl sites for hydroxylation is 1. The predicted molar refractivity (Wildman–Crippen MR) is 117 cm³/mol. The third kappa shape index (κ3) is 4.51. The van der Waals surface area contributed by atoms with Gasteiger partial charge in [-0.2, -0.15) is 0 Å². The number of nitrogens with zero attached hydrogens (tertiary/aromatic N) is 4. The molecule has 0 saturated carbocycles. The largest absolute Gasteiger partial charge is 0.486 e. The molecular formula is C24H26N4O4. The zero-order valence-electron chi connectivity index (χ0n) is 18.1. The van der Waals surface area contributed by atoms with Gasteiger partial charge in [0.25, 0.3) is 0 Å². The highest BCUT2D eigenvalue weighted by atomic mass is 16.5. The van der Waals surface area contributed by atoms with Gasteiger partial charge in [0.1, 0.15) is 11.9 Å². The smallest absolute Gasteiger partial charge is 0.311 e. The molecule has 0 aliphatic carbocycles. The number of likely N-dealkylation sites (tertiary alicyclic amines) is 1. The average molecular weight is 434 g/mol. The first-order chi connectivity index (χ1) is 15.7. The Morgan fingerprint density at radius 3 is 2.62 bits per heavy atom. The topological polar surface area (TPSA) is 80.9 Å². The molecule has 2 saturated heterocycles. The maximum Gasteiger partial charge on any atom is 0.311 e. The third-order valence-electron chi connectivity index (χ3n) is 5.81. The van der Waals surface area contributed by atoms with Gasteiger partial charge in [-0.3, -0.25) is 9.69 Å². The third-order valence-corrected chi connectivity index (χ3v) is 5.81. The van der Waals surface area contributed by atoms with Gasteiger partial charge in [0, 0.05) is 25.2 Å². The Morgan fingerprint density at radius 2 is 1.88 bits per heavy atom. The van der Waals surface area contributed by atoms with Crippen LogP contribution in [0.5, 0.6) is 5.75 Å². The summed E-state index contributed by atoms with van der Waals surface area (Å²) < 4.78 is 17.1. The van der Waals surface area contributed by atoms with E-state index in [1.54, 1.807) is 4.90 Å². The standard InChI is InChI=1S/C24H26N4O4/c1-17-13-18(14-27-9-11-30-12-10-27)7-8-21(17)31-20-15-28(16-20)24(29)23-26-25-22(32-23)19-5-3-2-4-6-19/h2-8,13,20H,9-12,14-16H2,1H3. The van der Waals surface area contributed by atoms with Crippen LogP contribution in [0.1, 0.15) is 21.8 Å². The van der Waals surface area contributed by atoms with E-state index in [1.807, 2.05) is 36.4 Å². The molecule has 1 amide bonds. The van der Waals surface area contributed by atoms with Crippen LogP contribution in [0.15, 0.2) is 52.9 Å². The molecule has 0 N–H and O–H groups in total. The van der Waals surface area contributed by atoms with E-state index in [9.17, 15) is 4.79 Å². The maximum atomic E-state index is 12.6. The van der Waals surface area contributed by atoms with Crippen LogP contribution >= 0.6 is 0 Å². The zero-order chi connectivity index (χ0) is 21.9. The Morgan fingerprint density at radius 1 is 1.09 bits per heavy atom. The van der Waals surface area contributed by atoms with Gasteiger partial charge in [0.2, 0.25) is 5.89 Å². The van der Waals surface area contributed by atoms with E-state index in [4.69, 9.17) is 13.9 Å². The summed E-state index contributed by atoms with van der Waals surface area (Å²) in [6.07, 6.45) is -0.0424. The van der Waals surface area contributed by atoms with Gasteiger partial charge < -0.3 is 18.8 Å². The monoisotopic (exact) mass is 434 g/mol. The Balaban J connectivity index is 1.14. The number of hydrogen-bond acceptors (Lipinski definition) is 7. The van der Waals surface area contributed by atoms with Crippen molar-refractivity contribution in [1.29, 1.82) is 0 Å². The SMILES string of the molecule is Cc1cc(CN2CCOCC2)ccc1OC1CN(C(=O)c2nnc(-c3ccccc3)o2)C1. The predicted octanol–water partition coefficient (Wildman–Crippen LogP) is 2.78. The van der Waals surface area contributed by atoms with Crippen LogP contribution < -0.4 is 4.74 Å². The molecule has 2 aliphatic rings. The van der Waals surface area contributed by atoms with Crippen LogP contribution in [0, 0.1) is 6.92 Å². The summed E-state index contributed by atoms with van der Waals surface area (Å²) in [6, 6.07) is 15.7. The fourth-order valence-electron chi connectivity index (χ4n) is 3.96. The molecular weight excluding hydrogens is 408 g/mol. The van der Waals surface area contributed by atoms with E-state index < -0.39 is 0 Å². The Kier molecular flexibility index (Phi) is 5.87. The molecule has 0 spiro atoms. The van der Waals surface area contributed by atoms with Crippen LogP contribution in [0.2, 0.25) is 0 Å². The normalized spacial score (nSPS) is 17.2. The Hall–Kier alpha value is -3.23. The quantitative estimate of drug-likeness (QED) is 0.590. The van der Waals surface area contributed by atoms with E-state index in [0.717, 1.165) is 49.7 Å². The van der Waals surface area contributed by atoms with Crippen molar-refractivity contribution >= 4 is 5.91 Å². The lowest BCUT2D eigenvalue weighted by Gasteiger charge is -2.38. The van der Waals surface area contributed by atoms with Gasteiger partial charge in [-0.15, -0.1) is 10.2 Å². The Labute approximate surface area is 186 Å². The number of ether oxygens (including phenoxy) is 2. The number of hydrogen-bond donors (Lipinski definition) is 0. The molecule has 166 valence electrons. The maximum absolute atomic E-state index is 12.6. The summed E-state index contributed by atoms with van der Waals surface area (Å²) in [4.78, 5) is 16.7. The lowest BCUT2D eigenvalue weighted by molar-refractivity contribution is 0.0147. The molecule has 0 bridgehead atoms. The van der Waals surface area contributed by atoms with E-state index in [1.165, 1.54) is 5.56 Å². The average Bonchev–Trinajstić information content (AvgIpc) is 3.29. The molecule has 0 atom stereocenters. The molecule has 5 rings (SSSR count). The lowest BCUT2D eigenvalue weighted by Crippen LogP contribution is -2.56. The number of rotatable bonds is 6. The molecule has 8 nitrogen and oxygen atoms in total. The molecule has 8 heteroatoms. The first kappa shape index (κ1) is 20.7. The first-order valence-electron chi connectivity index (χ1n) is 10.9. The number of carbonyl (C=O) groups excluding carboxylic acids is 1. The first-order valence-corrected chi connectivity index (χ1v) is 10.9. The molecule has 0 unspecified atom stereocenters. The van der Waals surface area contributed by atoms with E-state index in [0.29, 0.717) is 19.0 Å². The van der Waals surface area contributed by atoms with Gasteiger partial charge in [0.15, 0.2) is 0 Å². The van der Waals surface area contributed by atoms with Crippen molar-refractivity contribution in [3.05, 3.63) is 65.5 Å². The van der Waals surface area contributed by atoms with Crippen molar-refractivity contribution in [3.8, 4) is 17.2 Å². The number of aromatic nitrogens is 2. The summed E-state index contributed by atoms with van der Waals surface area (Å²) in [5.41, 5.74) is 3.16. The van der Waals surface area contributed by atoms with Crippen LogP contribution in [-0.4, -0.2) is 71.4 Å². The van der Waals surface area contributed by atoms with Crippen LogP contribution in [0.3, 0.4) is 0 Å². The van der Waals surface area contributed by atoms with Crippen LogP contribution in [0.4, 0.5) is 0 Å². The second-order valence-electron chi connectivity index (χ2n) is 8.22. The van der Waals surface area contributed by atoms with Crippen molar-refractivity contribution in [2.24, 2.45) is 0 Å². The summed E-state index contributed by atoms with van der Waals surface area (Å²) in [5.74, 6) is 0.940. The van der Waals surface area contributed by atoms with E-state index in [-0.39, 0.29) is 17.9 Å². The molecule has 2 aliphatic heterocycles. The van der Waals surface area contributed by atoms with Crippen LogP contribution in [0.25, 0.3) is 11.5 Å². The summed E-state index contributed by atoms with van der Waals surface area (Å²) in [6.45, 7) is 7.51. The number of amides is 1. The van der Waals surface area contributed by atoms with Crippen molar-refractivity contribution < 1.29 is 18.7 Å². The minimum Gasteiger partial charge on any atom is -0.486 e. The van der Waals surface area contributed by atoms with Gasteiger partial charge in [0.05, 0.1) is 26.3 Å². The van der Waals surface area contributed by atoms with Crippen LogP contribution in [-0.2, 0) is 11.3 Å². The molecule has 3 heterocycles. The van der Waals surface area contributed by atoms with E-state index >= 15 is 0 Å². The van der Waals surface area contributed by atoms with E-state index in [2.05, 4.69) is 34.2 Å². The summed E-state index contributed by atoms with van der Waals surface area (Å²) >= 11 is 0. The molecule has 2 fully saturated rings. The number of morpholine rings is 1.